The molecule has 0 radical (unpaired) electrons. The summed E-state index contributed by atoms with van der Waals surface area (Å²) >= 11 is 0. The summed E-state index contributed by atoms with van der Waals surface area (Å²) in [5.41, 5.74) is 4.97. The zero-order valence-corrected chi connectivity index (χ0v) is 10.6. The number of hydrogen-bond acceptors (Lipinski definition) is 5. The Balaban J connectivity index is 3.09. The summed E-state index contributed by atoms with van der Waals surface area (Å²) in [6.45, 7) is 5.18. The lowest BCUT2D eigenvalue weighted by molar-refractivity contribution is 0.00690. The van der Waals surface area contributed by atoms with E-state index < -0.39 is 17.5 Å². The lowest BCUT2D eigenvalue weighted by Gasteiger charge is -2.19. The highest BCUT2D eigenvalue weighted by Gasteiger charge is 2.20. The van der Waals surface area contributed by atoms with Crippen LogP contribution in [0.2, 0.25) is 0 Å². The molecule has 0 unspecified atom stereocenters. The SMILES string of the molecule is CC(C)(C)OC(=O)c1cnc(CN)c(C(=O)O)c1. The van der Waals surface area contributed by atoms with Gasteiger partial charge in [0.05, 0.1) is 16.8 Å². The molecule has 0 aliphatic carbocycles. The maximum atomic E-state index is 11.7. The van der Waals surface area contributed by atoms with Gasteiger partial charge in [-0.3, -0.25) is 4.98 Å². The highest BCUT2D eigenvalue weighted by Crippen LogP contribution is 2.14. The van der Waals surface area contributed by atoms with Crippen molar-refractivity contribution in [3.05, 3.63) is 29.1 Å². The summed E-state index contributed by atoms with van der Waals surface area (Å²) in [5.74, 6) is -1.78. The van der Waals surface area contributed by atoms with E-state index >= 15 is 0 Å². The summed E-state index contributed by atoms with van der Waals surface area (Å²) in [6, 6.07) is 1.23. The normalized spacial score (nSPS) is 11.1. The van der Waals surface area contributed by atoms with Crippen LogP contribution in [-0.2, 0) is 11.3 Å². The van der Waals surface area contributed by atoms with Gasteiger partial charge in [-0.2, -0.15) is 0 Å². The third-order valence-corrected chi connectivity index (χ3v) is 2.03. The van der Waals surface area contributed by atoms with Crippen LogP contribution in [-0.4, -0.2) is 27.6 Å². The van der Waals surface area contributed by atoms with E-state index in [0.717, 1.165) is 0 Å². The molecule has 3 N–H and O–H groups in total. The first-order chi connectivity index (χ1) is 8.24. The number of esters is 1. The molecule has 1 aromatic heterocycles. The third-order valence-electron chi connectivity index (χ3n) is 2.03. The van der Waals surface area contributed by atoms with E-state index in [9.17, 15) is 9.59 Å². The highest BCUT2D eigenvalue weighted by molar-refractivity contribution is 5.95. The number of carbonyl (C=O) groups excluding carboxylic acids is 1. The van der Waals surface area contributed by atoms with E-state index in [2.05, 4.69) is 4.98 Å². The standard InChI is InChI=1S/C12H16N2O4/c1-12(2,3)18-11(17)7-4-8(10(15)16)9(5-13)14-6-7/h4,6H,5,13H2,1-3H3,(H,15,16). The molecule has 1 rings (SSSR count). The van der Waals surface area contributed by atoms with E-state index in [1.807, 2.05) is 0 Å². The second kappa shape index (κ2) is 5.14. The molecule has 0 saturated carbocycles. The number of carboxylic acids is 1. The largest absolute Gasteiger partial charge is 0.478 e. The van der Waals surface area contributed by atoms with Gasteiger partial charge >= 0.3 is 11.9 Å². The molecule has 0 bridgehead atoms. The number of nitrogens with two attached hydrogens (primary N) is 1. The number of rotatable bonds is 3. The van der Waals surface area contributed by atoms with Crippen LogP contribution in [0.5, 0.6) is 0 Å². The van der Waals surface area contributed by atoms with Crippen molar-refractivity contribution in [2.24, 2.45) is 5.73 Å². The van der Waals surface area contributed by atoms with Crippen LogP contribution < -0.4 is 5.73 Å². The van der Waals surface area contributed by atoms with Crippen molar-refractivity contribution in [3.63, 3.8) is 0 Å². The molecule has 0 aliphatic heterocycles. The van der Waals surface area contributed by atoms with Crippen molar-refractivity contribution >= 4 is 11.9 Å². The van der Waals surface area contributed by atoms with Crippen LogP contribution in [0, 0.1) is 0 Å². The Kier molecular flexibility index (Phi) is 4.03. The highest BCUT2D eigenvalue weighted by atomic mass is 16.6. The first kappa shape index (κ1) is 14.1. The minimum Gasteiger partial charge on any atom is -0.478 e. The van der Waals surface area contributed by atoms with Crippen molar-refractivity contribution < 1.29 is 19.4 Å². The molecule has 1 aromatic rings. The first-order valence-corrected chi connectivity index (χ1v) is 5.40. The number of carbonyl (C=O) groups is 2. The predicted octanol–water partition coefficient (Wildman–Crippen LogP) is 1.19. The Morgan fingerprint density at radius 2 is 2.06 bits per heavy atom. The third kappa shape index (κ3) is 3.53. The summed E-state index contributed by atoms with van der Waals surface area (Å²) in [6.07, 6.45) is 1.27. The molecule has 0 aliphatic rings. The van der Waals surface area contributed by atoms with Crippen LogP contribution >= 0.6 is 0 Å². The molecule has 1 heterocycles. The van der Waals surface area contributed by atoms with Crippen molar-refractivity contribution in [2.75, 3.05) is 0 Å². The second-order valence-electron chi connectivity index (χ2n) is 4.73. The van der Waals surface area contributed by atoms with Gasteiger partial charge in [-0.1, -0.05) is 0 Å². The molecule has 0 aromatic carbocycles. The van der Waals surface area contributed by atoms with Crippen LogP contribution in [0.4, 0.5) is 0 Å². The smallest absolute Gasteiger partial charge is 0.340 e. The maximum Gasteiger partial charge on any atom is 0.340 e. The predicted molar refractivity (Wildman–Crippen MR) is 64.3 cm³/mol. The molecule has 6 nitrogen and oxygen atoms in total. The lowest BCUT2D eigenvalue weighted by Crippen LogP contribution is -2.24. The Morgan fingerprint density at radius 3 is 2.50 bits per heavy atom. The minimum atomic E-state index is -1.17. The van der Waals surface area contributed by atoms with Gasteiger partial charge in [-0.15, -0.1) is 0 Å². The van der Waals surface area contributed by atoms with Gasteiger partial charge in [-0.25, -0.2) is 9.59 Å². The van der Waals surface area contributed by atoms with Crippen LogP contribution in [0.15, 0.2) is 12.3 Å². The maximum absolute atomic E-state index is 11.7. The summed E-state index contributed by atoms with van der Waals surface area (Å²) in [7, 11) is 0. The van der Waals surface area contributed by atoms with Gasteiger partial charge < -0.3 is 15.6 Å². The van der Waals surface area contributed by atoms with Crippen molar-refractivity contribution in [1.82, 2.24) is 4.98 Å². The lowest BCUT2D eigenvalue weighted by atomic mass is 10.1. The van der Waals surface area contributed by atoms with Gasteiger partial charge in [0.2, 0.25) is 0 Å². The van der Waals surface area contributed by atoms with Crippen LogP contribution in [0.25, 0.3) is 0 Å². The van der Waals surface area contributed by atoms with Gasteiger partial charge in [0.1, 0.15) is 5.60 Å². The van der Waals surface area contributed by atoms with E-state index in [1.165, 1.54) is 12.3 Å². The average molecular weight is 252 g/mol. The molecular weight excluding hydrogens is 236 g/mol. The van der Waals surface area contributed by atoms with Crippen LogP contribution in [0.1, 0.15) is 47.2 Å². The first-order valence-electron chi connectivity index (χ1n) is 5.40. The molecule has 0 saturated heterocycles. The molecule has 6 heteroatoms. The number of carboxylic acid groups (broad SMARTS) is 1. The van der Waals surface area contributed by atoms with E-state index in [-0.39, 0.29) is 23.4 Å². The number of aromatic carboxylic acids is 1. The molecule has 98 valence electrons. The summed E-state index contributed by atoms with van der Waals surface area (Å²) < 4.78 is 5.13. The fourth-order valence-electron chi connectivity index (χ4n) is 1.29. The monoisotopic (exact) mass is 252 g/mol. The van der Waals surface area contributed by atoms with Crippen LogP contribution in [0.3, 0.4) is 0 Å². The number of aromatic nitrogens is 1. The summed E-state index contributed by atoms with van der Waals surface area (Å²) in [4.78, 5) is 26.6. The van der Waals surface area contributed by atoms with Crippen molar-refractivity contribution in [3.8, 4) is 0 Å². The molecule has 0 atom stereocenters. The number of pyridine rings is 1. The number of hydrogen-bond donors (Lipinski definition) is 2. The fraction of sp³-hybridized carbons (Fsp3) is 0.417. The molecule has 0 fully saturated rings. The zero-order chi connectivity index (χ0) is 13.9. The zero-order valence-electron chi connectivity index (χ0n) is 10.6. The second-order valence-corrected chi connectivity index (χ2v) is 4.73. The van der Waals surface area contributed by atoms with Crippen molar-refractivity contribution in [1.29, 1.82) is 0 Å². The summed E-state index contributed by atoms with van der Waals surface area (Å²) in [5, 5.41) is 8.99. The van der Waals surface area contributed by atoms with E-state index in [4.69, 9.17) is 15.6 Å². The molecule has 0 amide bonds. The van der Waals surface area contributed by atoms with Gasteiger partial charge in [0.15, 0.2) is 0 Å². The van der Waals surface area contributed by atoms with Gasteiger partial charge in [0, 0.05) is 12.7 Å². The molecule has 18 heavy (non-hydrogen) atoms. The van der Waals surface area contributed by atoms with E-state index in [1.54, 1.807) is 20.8 Å². The van der Waals surface area contributed by atoms with Gasteiger partial charge in [-0.05, 0) is 26.8 Å². The Hall–Kier alpha value is -1.95. The average Bonchev–Trinajstić information content (AvgIpc) is 2.25. The van der Waals surface area contributed by atoms with Crippen molar-refractivity contribution in [2.45, 2.75) is 32.9 Å². The minimum absolute atomic E-state index is 0.00374. The topological polar surface area (TPSA) is 103 Å². The Morgan fingerprint density at radius 1 is 1.44 bits per heavy atom. The quantitative estimate of drug-likeness (QED) is 0.783. The number of nitrogens with zero attached hydrogens (tertiary/aromatic N) is 1. The Bertz CT molecular complexity index is 477. The molecule has 0 spiro atoms. The Labute approximate surface area is 105 Å². The fourth-order valence-corrected chi connectivity index (χ4v) is 1.29. The van der Waals surface area contributed by atoms with E-state index in [0.29, 0.717) is 0 Å². The number of ether oxygens (including phenoxy) is 1. The molecular formula is C12H16N2O4. The van der Waals surface area contributed by atoms with Gasteiger partial charge in [0.25, 0.3) is 0 Å².